The molecule has 2 aliphatic carbocycles. The van der Waals surface area contributed by atoms with Gasteiger partial charge < -0.3 is 14.4 Å². The Kier molecular flexibility index (Phi) is 3.25. The molecular weight excluding hydrogens is 438 g/mol. The summed E-state index contributed by atoms with van der Waals surface area (Å²) < 4.78 is 13.0. The normalized spacial score (nSPS) is 39.4. The number of nitrogens with zero attached hydrogens (tertiary/aromatic N) is 1. The molecule has 5 atom stereocenters. The quantitative estimate of drug-likeness (QED) is 0.609. The zero-order valence-corrected chi connectivity index (χ0v) is 16.8. The fourth-order valence-corrected chi connectivity index (χ4v) is 6.86. The number of carbonyl (C=O) groups is 1. The minimum absolute atomic E-state index is 0.111. The van der Waals surface area contributed by atoms with Crippen molar-refractivity contribution in [1.82, 2.24) is 4.90 Å². The van der Waals surface area contributed by atoms with Gasteiger partial charge in [-0.05, 0) is 50.4 Å². The second kappa shape index (κ2) is 4.98. The number of benzene rings is 1. The monoisotopic (exact) mass is 455 g/mol. The van der Waals surface area contributed by atoms with Gasteiger partial charge in [0.1, 0.15) is 0 Å². The van der Waals surface area contributed by atoms with Gasteiger partial charge in [-0.15, -0.1) is 0 Å². The van der Waals surface area contributed by atoms with Gasteiger partial charge in [0.15, 0.2) is 23.4 Å². The third-order valence-corrected chi connectivity index (χ3v) is 8.23. The third-order valence-electron chi connectivity index (χ3n) is 6.70. The van der Waals surface area contributed by atoms with E-state index in [1.54, 1.807) is 7.11 Å². The number of rotatable bonds is 1. The number of alkyl halides is 1. The maximum absolute atomic E-state index is 13.0. The molecule has 5 rings (SSSR count). The largest absolute Gasteiger partial charge is 0.493 e. The standard InChI is InChI=1S/C18H19Br2NO3/c1-21-4-3-18-9-6-11(20)15(22)17(18)24-16-13(23-2)7-10(19)8(14(16)18)5-12(9)21/h7,9,11-12,17H,3-6H2,1-2H3/t9-,11?,12+,17-,18-/m0/s1. The van der Waals surface area contributed by atoms with Gasteiger partial charge in [0, 0.05) is 21.5 Å². The summed E-state index contributed by atoms with van der Waals surface area (Å²) >= 11 is 7.37. The van der Waals surface area contributed by atoms with Crippen molar-refractivity contribution < 1.29 is 14.3 Å². The smallest absolute Gasteiger partial charge is 0.187 e. The summed E-state index contributed by atoms with van der Waals surface area (Å²) in [6.07, 6.45) is 2.48. The summed E-state index contributed by atoms with van der Waals surface area (Å²) in [7, 11) is 3.88. The molecule has 1 aromatic carbocycles. The summed E-state index contributed by atoms with van der Waals surface area (Å²) in [5.41, 5.74) is 2.38. The second-order valence-corrected chi connectivity index (χ2v) is 9.46. The van der Waals surface area contributed by atoms with E-state index >= 15 is 0 Å². The Morgan fingerprint density at radius 2 is 2.25 bits per heavy atom. The summed E-state index contributed by atoms with van der Waals surface area (Å²) in [6, 6.07) is 2.45. The maximum atomic E-state index is 13.0. The van der Waals surface area contributed by atoms with E-state index in [9.17, 15) is 4.79 Å². The molecule has 128 valence electrons. The van der Waals surface area contributed by atoms with Crippen molar-refractivity contribution >= 4 is 37.6 Å². The SMILES string of the molecule is COc1cc(Br)c2c3c1O[C@H]1C(=O)C(Br)C[C@H]4[C@@H](C2)N(C)CC[C@]314. The Morgan fingerprint density at radius 1 is 1.46 bits per heavy atom. The van der Waals surface area contributed by atoms with Crippen LogP contribution in [0.25, 0.3) is 0 Å². The van der Waals surface area contributed by atoms with Gasteiger partial charge in [-0.3, -0.25) is 4.79 Å². The third kappa shape index (κ3) is 1.65. The molecule has 2 heterocycles. The van der Waals surface area contributed by atoms with E-state index in [4.69, 9.17) is 9.47 Å². The van der Waals surface area contributed by atoms with Crippen LogP contribution in [-0.2, 0) is 16.6 Å². The van der Waals surface area contributed by atoms with Gasteiger partial charge in [-0.1, -0.05) is 31.9 Å². The first-order valence-corrected chi connectivity index (χ1v) is 10.1. The van der Waals surface area contributed by atoms with Gasteiger partial charge in [-0.25, -0.2) is 0 Å². The molecule has 24 heavy (non-hydrogen) atoms. The highest BCUT2D eigenvalue weighted by Crippen LogP contribution is 2.64. The van der Waals surface area contributed by atoms with Gasteiger partial charge in [0.05, 0.1) is 11.9 Å². The van der Waals surface area contributed by atoms with Crippen molar-refractivity contribution in [3.8, 4) is 11.5 Å². The first-order chi connectivity index (χ1) is 11.5. The average molecular weight is 457 g/mol. The van der Waals surface area contributed by atoms with Crippen LogP contribution in [0.15, 0.2) is 10.5 Å². The molecule has 1 saturated heterocycles. The first-order valence-electron chi connectivity index (χ1n) is 8.43. The van der Waals surface area contributed by atoms with Crippen LogP contribution >= 0.6 is 31.9 Å². The molecule has 0 amide bonds. The average Bonchev–Trinajstić information content (AvgIpc) is 2.90. The van der Waals surface area contributed by atoms with Crippen molar-refractivity contribution in [2.75, 3.05) is 20.7 Å². The molecule has 1 saturated carbocycles. The van der Waals surface area contributed by atoms with E-state index < -0.39 is 0 Å². The number of Topliss-reactive ketones (excluding diaryl/α,β-unsaturated/α-hetero) is 1. The highest BCUT2D eigenvalue weighted by Gasteiger charge is 2.67. The Labute approximate surface area is 158 Å². The van der Waals surface area contributed by atoms with Crippen LogP contribution in [-0.4, -0.2) is 48.4 Å². The lowest BCUT2D eigenvalue weighted by Crippen LogP contribution is -2.67. The Morgan fingerprint density at radius 3 is 3.00 bits per heavy atom. The van der Waals surface area contributed by atoms with Crippen molar-refractivity contribution in [1.29, 1.82) is 0 Å². The van der Waals surface area contributed by atoms with Crippen molar-refractivity contribution in [2.24, 2.45) is 5.92 Å². The molecule has 4 aliphatic rings. The van der Waals surface area contributed by atoms with Gasteiger partial charge >= 0.3 is 0 Å². The zero-order valence-electron chi connectivity index (χ0n) is 13.6. The van der Waals surface area contributed by atoms with Crippen LogP contribution in [0, 0.1) is 5.92 Å². The number of likely N-dealkylation sites (N-methyl/N-ethyl adjacent to an activating group) is 1. The van der Waals surface area contributed by atoms with Crippen molar-refractivity contribution in [3.63, 3.8) is 0 Å². The van der Waals surface area contributed by atoms with Crippen LogP contribution in [0.5, 0.6) is 11.5 Å². The number of ketones is 1. The lowest BCUT2D eigenvalue weighted by atomic mass is 9.51. The molecule has 2 aliphatic heterocycles. The number of piperidine rings is 1. The number of hydrogen-bond acceptors (Lipinski definition) is 4. The van der Waals surface area contributed by atoms with E-state index in [0.29, 0.717) is 12.0 Å². The fraction of sp³-hybridized carbons (Fsp3) is 0.611. The van der Waals surface area contributed by atoms with Crippen LogP contribution in [0.4, 0.5) is 0 Å². The summed E-state index contributed by atoms with van der Waals surface area (Å²) in [5.74, 6) is 2.18. The van der Waals surface area contributed by atoms with Crippen LogP contribution in [0.3, 0.4) is 0 Å². The molecule has 1 aromatic rings. The number of halogens is 2. The van der Waals surface area contributed by atoms with E-state index in [-0.39, 0.29) is 22.1 Å². The van der Waals surface area contributed by atoms with Gasteiger partial charge in [0.2, 0.25) is 0 Å². The molecule has 0 radical (unpaired) electrons. The number of carbonyl (C=O) groups excluding carboxylic acids is 1. The maximum Gasteiger partial charge on any atom is 0.187 e. The number of likely N-dealkylation sites (tertiary alicyclic amines) is 1. The highest BCUT2D eigenvalue weighted by atomic mass is 79.9. The molecule has 4 nitrogen and oxygen atoms in total. The highest BCUT2D eigenvalue weighted by molar-refractivity contribution is 9.10. The predicted octanol–water partition coefficient (Wildman–Crippen LogP) is 3.07. The number of hydrogen-bond donors (Lipinski definition) is 0. The minimum atomic E-state index is -0.380. The number of ether oxygens (including phenoxy) is 2. The molecule has 1 spiro atoms. The predicted molar refractivity (Wildman–Crippen MR) is 97.4 cm³/mol. The Bertz CT molecular complexity index is 767. The Balaban J connectivity index is 1.83. The van der Waals surface area contributed by atoms with Gasteiger partial charge in [0.25, 0.3) is 0 Å². The molecular formula is C18H19Br2NO3. The second-order valence-electron chi connectivity index (χ2n) is 7.50. The van der Waals surface area contributed by atoms with Crippen LogP contribution < -0.4 is 9.47 Å². The lowest BCUT2D eigenvalue weighted by molar-refractivity contribution is -0.137. The van der Waals surface area contributed by atoms with Crippen LogP contribution in [0.1, 0.15) is 24.0 Å². The van der Waals surface area contributed by atoms with E-state index in [1.165, 1.54) is 11.1 Å². The molecule has 0 aromatic heterocycles. The molecule has 2 fully saturated rings. The Hall–Kier alpha value is -0.590. The molecule has 0 N–H and O–H groups in total. The molecule has 6 heteroatoms. The summed E-state index contributed by atoms with van der Waals surface area (Å²) in [4.78, 5) is 15.3. The van der Waals surface area contributed by atoms with E-state index in [2.05, 4.69) is 43.8 Å². The van der Waals surface area contributed by atoms with Crippen molar-refractivity contribution in [2.45, 2.75) is 41.7 Å². The lowest BCUT2D eigenvalue weighted by Gasteiger charge is -2.57. The molecule has 1 unspecified atom stereocenters. The van der Waals surface area contributed by atoms with E-state index in [1.807, 2.05) is 6.07 Å². The minimum Gasteiger partial charge on any atom is -0.493 e. The first kappa shape index (κ1) is 15.6. The fourth-order valence-electron chi connectivity index (χ4n) is 5.65. The summed E-state index contributed by atoms with van der Waals surface area (Å²) in [6.45, 7) is 1.01. The molecule has 2 bridgehead atoms. The van der Waals surface area contributed by atoms with E-state index in [0.717, 1.165) is 41.8 Å². The number of methoxy groups -OCH3 is 1. The van der Waals surface area contributed by atoms with Crippen molar-refractivity contribution in [3.05, 3.63) is 21.7 Å². The zero-order chi connectivity index (χ0) is 16.8. The van der Waals surface area contributed by atoms with Crippen LogP contribution in [0.2, 0.25) is 0 Å². The van der Waals surface area contributed by atoms with Gasteiger partial charge in [-0.2, -0.15) is 0 Å². The topological polar surface area (TPSA) is 38.8 Å². The summed E-state index contributed by atoms with van der Waals surface area (Å²) in [5, 5.41) is 0.